The standard InChI is InChI=1S/C22H30O4/c1-4-21(24)26-19-11-13-5-6-15-14(16(13)12-18(19)25-3)9-10-22(2)17(15)7-8-20(22)23/h11-12,14-15,17,20,23H,4-10H2,1-3H3/t14?,15?,17?,20-,22?/m0/s1. The average Bonchev–Trinajstić information content (AvgIpc) is 2.95. The van der Waals surface area contributed by atoms with Crippen molar-refractivity contribution < 1.29 is 19.4 Å². The zero-order valence-electron chi connectivity index (χ0n) is 16.1. The quantitative estimate of drug-likeness (QED) is 0.649. The van der Waals surface area contributed by atoms with Gasteiger partial charge in [0, 0.05) is 6.42 Å². The molecule has 2 saturated carbocycles. The molecule has 4 nitrogen and oxygen atoms in total. The number of hydrogen-bond acceptors (Lipinski definition) is 4. The van der Waals surface area contributed by atoms with E-state index in [4.69, 9.17) is 9.47 Å². The van der Waals surface area contributed by atoms with Gasteiger partial charge >= 0.3 is 5.97 Å². The second-order valence-corrected chi connectivity index (χ2v) is 8.58. The maximum absolute atomic E-state index is 11.7. The predicted octanol–water partition coefficient (Wildman–Crippen LogP) is 4.23. The van der Waals surface area contributed by atoms with Gasteiger partial charge < -0.3 is 14.6 Å². The first-order valence-corrected chi connectivity index (χ1v) is 10.1. The molecule has 0 aromatic heterocycles. The summed E-state index contributed by atoms with van der Waals surface area (Å²) in [6, 6.07) is 4.13. The van der Waals surface area contributed by atoms with Crippen molar-refractivity contribution in [2.45, 2.75) is 70.8 Å². The molecule has 142 valence electrons. The maximum Gasteiger partial charge on any atom is 0.311 e. The van der Waals surface area contributed by atoms with Crippen molar-refractivity contribution in [1.82, 2.24) is 0 Å². The summed E-state index contributed by atoms with van der Waals surface area (Å²) in [6.07, 6.45) is 6.71. The van der Waals surface area contributed by atoms with Crippen LogP contribution in [0.1, 0.15) is 69.4 Å². The van der Waals surface area contributed by atoms with E-state index in [-0.39, 0.29) is 17.5 Å². The van der Waals surface area contributed by atoms with Gasteiger partial charge in [-0.15, -0.1) is 0 Å². The summed E-state index contributed by atoms with van der Waals surface area (Å²) in [4.78, 5) is 11.7. The highest BCUT2D eigenvalue weighted by Crippen LogP contribution is 2.61. The monoisotopic (exact) mass is 358 g/mol. The van der Waals surface area contributed by atoms with Gasteiger partial charge in [0.2, 0.25) is 0 Å². The lowest BCUT2D eigenvalue weighted by molar-refractivity contribution is -0.134. The van der Waals surface area contributed by atoms with Crippen LogP contribution in [-0.4, -0.2) is 24.3 Å². The number of carbonyl (C=O) groups excluding carboxylic acids is 1. The van der Waals surface area contributed by atoms with Crippen LogP contribution < -0.4 is 9.47 Å². The number of aryl methyl sites for hydroxylation is 1. The number of carbonyl (C=O) groups is 1. The van der Waals surface area contributed by atoms with Crippen molar-refractivity contribution in [2.75, 3.05) is 7.11 Å². The second-order valence-electron chi connectivity index (χ2n) is 8.58. The molecule has 4 heteroatoms. The highest BCUT2D eigenvalue weighted by molar-refractivity contribution is 5.73. The van der Waals surface area contributed by atoms with Crippen molar-refractivity contribution in [2.24, 2.45) is 17.3 Å². The van der Waals surface area contributed by atoms with Gasteiger partial charge in [0.1, 0.15) is 0 Å². The number of ether oxygens (including phenoxy) is 2. The number of methoxy groups -OCH3 is 1. The number of hydrogen-bond donors (Lipinski definition) is 1. The molecule has 1 aromatic carbocycles. The molecule has 3 aliphatic rings. The third-order valence-corrected chi connectivity index (χ3v) is 7.47. The lowest BCUT2D eigenvalue weighted by atomic mass is 9.55. The molecule has 1 N–H and O–H groups in total. The van der Waals surface area contributed by atoms with Crippen LogP contribution in [0.25, 0.3) is 0 Å². The lowest BCUT2D eigenvalue weighted by Crippen LogP contribution is -2.43. The fraction of sp³-hybridized carbons (Fsp3) is 0.682. The predicted molar refractivity (Wildman–Crippen MR) is 99.5 cm³/mol. The molecule has 0 radical (unpaired) electrons. The molecule has 0 heterocycles. The van der Waals surface area contributed by atoms with Crippen LogP contribution in [0.15, 0.2) is 12.1 Å². The van der Waals surface area contributed by atoms with E-state index in [2.05, 4.69) is 13.0 Å². The minimum Gasteiger partial charge on any atom is -0.493 e. The first-order valence-electron chi connectivity index (χ1n) is 10.1. The van der Waals surface area contributed by atoms with E-state index in [1.165, 1.54) is 11.1 Å². The number of esters is 1. The Morgan fingerprint density at radius 2 is 2.04 bits per heavy atom. The average molecular weight is 358 g/mol. The summed E-state index contributed by atoms with van der Waals surface area (Å²) in [5.74, 6) is 2.77. The molecule has 4 rings (SSSR count). The van der Waals surface area contributed by atoms with E-state index in [1.54, 1.807) is 14.0 Å². The van der Waals surface area contributed by atoms with Crippen LogP contribution in [0.5, 0.6) is 11.5 Å². The van der Waals surface area contributed by atoms with Crippen LogP contribution >= 0.6 is 0 Å². The molecule has 0 spiro atoms. The highest BCUT2D eigenvalue weighted by atomic mass is 16.6. The Hall–Kier alpha value is -1.55. The Bertz CT molecular complexity index is 712. The Morgan fingerprint density at radius 1 is 1.23 bits per heavy atom. The molecule has 0 bridgehead atoms. The number of benzene rings is 1. The van der Waals surface area contributed by atoms with E-state index in [9.17, 15) is 9.90 Å². The zero-order chi connectivity index (χ0) is 18.5. The van der Waals surface area contributed by atoms with Gasteiger partial charge in [-0.25, -0.2) is 0 Å². The van der Waals surface area contributed by atoms with Gasteiger partial charge in [-0.05, 0) is 85.0 Å². The number of fused-ring (bicyclic) bond motifs is 5. The van der Waals surface area contributed by atoms with Crippen molar-refractivity contribution in [3.8, 4) is 11.5 Å². The fourth-order valence-corrected chi connectivity index (χ4v) is 5.98. The van der Waals surface area contributed by atoms with Crippen molar-refractivity contribution >= 4 is 5.97 Å². The van der Waals surface area contributed by atoms with Gasteiger partial charge in [-0.2, -0.15) is 0 Å². The lowest BCUT2D eigenvalue weighted by Gasteiger charge is -2.50. The molecule has 3 aliphatic carbocycles. The summed E-state index contributed by atoms with van der Waals surface area (Å²) in [7, 11) is 1.64. The van der Waals surface area contributed by atoms with Gasteiger partial charge in [0.05, 0.1) is 13.2 Å². The molecule has 0 amide bonds. The number of aliphatic hydroxyl groups excluding tert-OH is 1. The van der Waals surface area contributed by atoms with Crippen LogP contribution in [0, 0.1) is 17.3 Å². The SMILES string of the molecule is CCC(=O)Oc1cc2c(cc1OC)C1CCC3(C)C(CC[C@@H]3O)C1CC2. The van der Waals surface area contributed by atoms with E-state index in [0.29, 0.717) is 35.7 Å². The van der Waals surface area contributed by atoms with Crippen LogP contribution in [0.4, 0.5) is 0 Å². The third-order valence-electron chi connectivity index (χ3n) is 7.47. The van der Waals surface area contributed by atoms with Crippen molar-refractivity contribution in [1.29, 1.82) is 0 Å². The summed E-state index contributed by atoms with van der Waals surface area (Å²) in [5.41, 5.74) is 2.77. The minimum atomic E-state index is -0.231. The Balaban J connectivity index is 1.67. The van der Waals surface area contributed by atoms with E-state index in [0.717, 1.165) is 38.5 Å². The fourth-order valence-electron chi connectivity index (χ4n) is 5.98. The largest absolute Gasteiger partial charge is 0.493 e. The number of rotatable bonds is 3. The Kier molecular flexibility index (Phi) is 4.50. The molecule has 0 saturated heterocycles. The van der Waals surface area contributed by atoms with Gasteiger partial charge in [0.25, 0.3) is 0 Å². The van der Waals surface area contributed by atoms with E-state index >= 15 is 0 Å². The summed E-state index contributed by atoms with van der Waals surface area (Å²) in [5, 5.41) is 10.5. The molecule has 0 aliphatic heterocycles. The molecule has 1 aromatic rings. The molecule has 26 heavy (non-hydrogen) atoms. The first-order chi connectivity index (χ1) is 12.5. The summed E-state index contributed by atoms with van der Waals surface area (Å²) in [6.45, 7) is 4.10. The molecule has 2 fully saturated rings. The molecule has 5 atom stereocenters. The van der Waals surface area contributed by atoms with Crippen LogP contribution in [0.3, 0.4) is 0 Å². The van der Waals surface area contributed by atoms with Crippen molar-refractivity contribution in [3.05, 3.63) is 23.3 Å². The first kappa shape index (κ1) is 17.8. The summed E-state index contributed by atoms with van der Waals surface area (Å²) < 4.78 is 11.0. The van der Waals surface area contributed by atoms with Gasteiger partial charge in [-0.3, -0.25) is 4.79 Å². The van der Waals surface area contributed by atoms with Crippen molar-refractivity contribution in [3.63, 3.8) is 0 Å². The Morgan fingerprint density at radius 3 is 2.77 bits per heavy atom. The maximum atomic E-state index is 11.7. The van der Waals surface area contributed by atoms with Gasteiger partial charge in [0.15, 0.2) is 11.5 Å². The normalized spacial score (nSPS) is 35.2. The van der Waals surface area contributed by atoms with Crippen LogP contribution in [-0.2, 0) is 11.2 Å². The van der Waals surface area contributed by atoms with Gasteiger partial charge in [-0.1, -0.05) is 13.8 Å². The third kappa shape index (κ3) is 2.65. The Labute approximate surface area is 155 Å². The smallest absolute Gasteiger partial charge is 0.311 e. The molecular weight excluding hydrogens is 328 g/mol. The molecule has 4 unspecified atom stereocenters. The zero-order valence-corrected chi connectivity index (χ0v) is 16.1. The minimum absolute atomic E-state index is 0.0966. The van der Waals surface area contributed by atoms with Crippen LogP contribution in [0.2, 0.25) is 0 Å². The van der Waals surface area contributed by atoms with E-state index in [1.807, 2.05) is 6.07 Å². The molecular formula is C22H30O4. The van der Waals surface area contributed by atoms with E-state index < -0.39 is 0 Å². The second kappa shape index (κ2) is 6.56. The summed E-state index contributed by atoms with van der Waals surface area (Å²) >= 11 is 0. The number of aliphatic hydroxyl groups is 1. The highest BCUT2D eigenvalue weighted by Gasteiger charge is 2.54. The topological polar surface area (TPSA) is 55.8 Å².